The molecule has 1 aliphatic carbocycles. The minimum Gasteiger partial charge on any atom is -0.378 e. The topological polar surface area (TPSA) is 84.3 Å². The van der Waals surface area contributed by atoms with Gasteiger partial charge in [-0.25, -0.2) is 4.68 Å². The van der Waals surface area contributed by atoms with Gasteiger partial charge in [-0.3, -0.25) is 0 Å². The first-order valence-electron chi connectivity index (χ1n) is 9.00. The summed E-state index contributed by atoms with van der Waals surface area (Å²) in [4.78, 5) is 0. The summed E-state index contributed by atoms with van der Waals surface area (Å²) >= 11 is 3.68. The Morgan fingerprint density at radius 1 is 1.11 bits per heavy atom. The number of anilines is 1. The summed E-state index contributed by atoms with van der Waals surface area (Å²) in [6.07, 6.45) is 2.59. The lowest BCUT2D eigenvalue weighted by atomic mass is 10.1. The molecule has 0 radical (unpaired) electrons. The molecule has 1 saturated carbocycles. The maximum atomic E-state index is 4.36. The number of nitrogens with one attached hydrogen (secondary N) is 2. The second kappa shape index (κ2) is 6.77. The van der Waals surface area contributed by atoms with Gasteiger partial charge in [0.25, 0.3) is 0 Å². The highest BCUT2D eigenvalue weighted by molar-refractivity contribution is 9.10. The fraction of sp³-hybridized carbons (Fsp3) is 0.263. The molecule has 0 unspecified atom stereocenters. The Balaban J connectivity index is 1.38. The molecular weight excluding hydrogens is 406 g/mol. The van der Waals surface area contributed by atoms with Crippen molar-refractivity contribution in [3.63, 3.8) is 0 Å². The van der Waals surface area contributed by atoms with Crippen molar-refractivity contribution in [2.75, 3.05) is 5.32 Å². The van der Waals surface area contributed by atoms with Gasteiger partial charge < -0.3 is 5.32 Å². The number of fused-ring (bicyclic) bond motifs is 1. The molecule has 0 bridgehead atoms. The van der Waals surface area contributed by atoms with Gasteiger partial charge in [-0.15, -0.1) is 5.10 Å². The van der Waals surface area contributed by atoms with Crippen LogP contribution in [0.15, 0.2) is 46.9 Å². The average Bonchev–Trinajstić information content (AvgIpc) is 3.23. The molecule has 2 N–H and O–H groups in total. The van der Waals surface area contributed by atoms with Crippen molar-refractivity contribution in [3.05, 3.63) is 52.6 Å². The van der Waals surface area contributed by atoms with Crippen molar-refractivity contribution in [1.29, 1.82) is 0 Å². The van der Waals surface area contributed by atoms with Crippen molar-refractivity contribution in [1.82, 2.24) is 30.4 Å². The third-order valence-electron chi connectivity index (χ3n) is 4.87. The normalized spacial score (nSPS) is 14.0. The number of rotatable bonds is 6. The largest absolute Gasteiger partial charge is 0.378 e. The van der Waals surface area contributed by atoms with Crippen LogP contribution in [-0.2, 0) is 13.1 Å². The molecule has 7 nitrogen and oxygen atoms in total. The highest BCUT2D eigenvalue weighted by Gasteiger charge is 2.23. The molecule has 4 aromatic rings. The Kier molecular flexibility index (Phi) is 4.12. The lowest BCUT2D eigenvalue weighted by Crippen LogP contribution is -2.03. The summed E-state index contributed by atoms with van der Waals surface area (Å²) in [5.41, 5.74) is 5.67. The smallest absolute Gasteiger partial charge is 0.129 e. The van der Waals surface area contributed by atoms with E-state index < -0.39 is 0 Å². The Bertz CT molecular complexity index is 1080. The zero-order valence-electron chi connectivity index (χ0n) is 14.6. The Morgan fingerprint density at radius 2 is 1.96 bits per heavy atom. The Morgan fingerprint density at radius 3 is 2.78 bits per heavy atom. The number of nitrogens with zero attached hydrogens (tertiary/aromatic N) is 5. The number of aromatic amines is 1. The molecule has 8 heteroatoms. The van der Waals surface area contributed by atoms with Crippen LogP contribution in [0.4, 0.5) is 5.69 Å². The Labute approximate surface area is 164 Å². The highest BCUT2D eigenvalue weighted by atomic mass is 79.9. The summed E-state index contributed by atoms with van der Waals surface area (Å²) in [6.45, 7) is 1.51. The average molecular weight is 424 g/mol. The van der Waals surface area contributed by atoms with Crippen LogP contribution < -0.4 is 5.32 Å². The summed E-state index contributed by atoms with van der Waals surface area (Å²) in [5.74, 6) is 0.759. The van der Waals surface area contributed by atoms with Gasteiger partial charge in [0.2, 0.25) is 0 Å². The van der Waals surface area contributed by atoms with E-state index in [4.69, 9.17) is 0 Å². The van der Waals surface area contributed by atoms with E-state index in [2.05, 4.69) is 59.1 Å². The van der Waals surface area contributed by atoms with Crippen molar-refractivity contribution in [2.24, 2.45) is 5.92 Å². The SMILES string of the molecule is Brc1c(NCc2n[nH]nc2-c2ccccc2)ccc2c1nnn2CC1CC1. The molecule has 1 fully saturated rings. The van der Waals surface area contributed by atoms with E-state index in [1.54, 1.807) is 0 Å². The van der Waals surface area contributed by atoms with Crippen molar-refractivity contribution >= 4 is 32.7 Å². The molecule has 0 amide bonds. The number of H-pyrrole nitrogens is 1. The van der Waals surface area contributed by atoms with E-state index >= 15 is 0 Å². The summed E-state index contributed by atoms with van der Waals surface area (Å²) in [5, 5.41) is 23.4. The van der Waals surface area contributed by atoms with Gasteiger partial charge in [-0.05, 0) is 46.8 Å². The van der Waals surface area contributed by atoms with Gasteiger partial charge in [0, 0.05) is 12.1 Å². The molecule has 0 saturated heterocycles. The predicted octanol–water partition coefficient (Wildman–Crippen LogP) is 4.00. The third-order valence-corrected chi connectivity index (χ3v) is 5.67. The van der Waals surface area contributed by atoms with Crippen molar-refractivity contribution in [3.8, 4) is 11.3 Å². The second-order valence-electron chi connectivity index (χ2n) is 6.85. The zero-order chi connectivity index (χ0) is 18.2. The van der Waals surface area contributed by atoms with E-state index in [1.165, 1.54) is 12.8 Å². The number of aromatic nitrogens is 6. The van der Waals surface area contributed by atoms with Gasteiger partial charge in [-0.1, -0.05) is 35.5 Å². The molecule has 0 atom stereocenters. The molecule has 2 aromatic heterocycles. The van der Waals surface area contributed by atoms with Gasteiger partial charge >= 0.3 is 0 Å². The fourth-order valence-corrected chi connectivity index (χ4v) is 3.76. The zero-order valence-corrected chi connectivity index (χ0v) is 16.1. The Hall–Kier alpha value is -2.74. The number of hydrogen-bond acceptors (Lipinski definition) is 5. The number of benzene rings is 2. The van der Waals surface area contributed by atoms with Gasteiger partial charge in [0.1, 0.15) is 16.9 Å². The summed E-state index contributed by atoms with van der Waals surface area (Å²) < 4.78 is 2.93. The van der Waals surface area contributed by atoms with Crippen molar-refractivity contribution < 1.29 is 0 Å². The molecule has 136 valence electrons. The lowest BCUT2D eigenvalue weighted by Gasteiger charge is -2.09. The van der Waals surface area contributed by atoms with E-state index in [-0.39, 0.29) is 0 Å². The van der Waals surface area contributed by atoms with Crippen LogP contribution in [0, 0.1) is 5.92 Å². The number of halogens is 1. The quantitative estimate of drug-likeness (QED) is 0.489. The van der Waals surface area contributed by atoms with Crippen molar-refractivity contribution in [2.45, 2.75) is 25.9 Å². The first kappa shape index (κ1) is 16.4. The minimum absolute atomic E-state index is 0.557. The summed E-state index contributed by atoms with van der Waals surface area (Å²) in [6, 6.07) is 14.2. The number of hydrogen-bond donors (Lipinski definition) is 2. The van der Waals surface area contributed by atoms with E-state index in [9.17, 15) is 0 Å². The van der Waals surface area contributed by atoms with E-state index in [0.29, 0.717) is 6.54 Å². The van der Waals surface area contributed by atoms with Crippen LogP contribution in [0.2, 0.25) is 0 Å². The van der Waals surface area contributed by atoms with Crippen LogP contribution in [0.1, 0.15) is 18.5 Å². The van der Waals surface area contributed by atoms with Gasteiger partial charge in [0.15, 0.2) is 0 Å². The minimum atomic E-state index is 0.557. The summed E-state index contributed by atoms with van der Waals surface area (Å²) in [7, 11) is 0. The molecule has 0 spiro atoms. The first-order chi connectivity index (χ1) is 13.3. The molecule has 0 aliphatic heterocycles. The lowest BCUT2D eigenvalue weighted by molar-refractivity contribution is 0.559. The van der Waals surface area contributed by atoms with E-state index in [0.717, 1.165) is 50.6 Å². The van der Waals surface area contributed by atoms with Gasteiger partial charge in [-0.2, -0.15) is 15.4 Å². The van der Waals surface area contributed by atoms with Crippen LogP contribution in [0.25, 0.3) is 22.3 Å². The molecule has 27 heavy (non-hydrogen) atoms. The highest BCUT2D eigenvalue weighted by Crippen LogP contribution is 2.34. The molecule has 2 heterocycles. The maximum absolute atomic E-state index is 4.36. The monoisotopic (exact) mass is 423 g/mol. The third kappa shape index (κ3) is 3.21. The van der Waals surface area contributed by atoms with Crippen LogP contribution in [-0.4, -0.2) is 30.4 Å². The first-order valence-corrected chi connectivity index (χ1v) is 9.79. The maximum Gasteiger partial charge on any atom is 0.129 e. The fourth-order valence-electron chi connectivity index (χ4n) is 3.20. The van der Waals surface area contributed by atoms with E-state index in [1.807, 2.05) is 35.0 Å². The second-order valence-corrected chi connectivity index (χ2v) is 7.64. The molecule has 2 aromatic carbocycles. The van der Waals surface area contributed by atoms with Crippen LogP contribution >= 0.6 is 15.9 Å². The standard InChI is InChI=1S/C19H18BrN7/c20-17-14(8-9-16-19(17)24-26-27(16)11-12-6-7-12)21-10-15-18(23-25-22-15)13-4-2-1-3-5-13/h1-5,8-9,12,21H,6-7,10-11H2,(H,22,23,25). The molecule has 5 rings (SSSR count). The molecule has 1 aliphatic rings. The molecular formula is C19H18BrN7. The van der Waals surface area contributed by atoms with Crippen LogP contribution in [0.5, 0.6) is 0 Å². The van der Waals surface area contributed by atoms with Crippen LogP contribution in [0.3, 0.4) is 0 Å². The predicted molar refractivity (Wildman–Crippen MR) is 107 cm³/mol. The van der Waals surface area contributed by atoms with Gasteiger partial charge in [0.05, 0.1) is 22.2 Å².